The number of nitrogens with one attached hydrogen (secondary N) is 1. The zero-order valence-electron chi connectivity index (χ0n) is 10.7. The van der Waals surface area contributed by atoms with Crippen molar-refractivity contribution in [1.82, 2.24) is 19.7 Å². The van der Waals surface area contributed by atoms with Gasteiger partial charge in [0.05, 0.1) is 5.69 Å². The van der Waals surface area contributed by atoms with Crippen LogP contribution in [0.15, 0.2) is 47.1 Å². The number of aryl methyl sites for hydroxylation is 1. The van der Waals surface area contributed by atoms with E-state index < -0.39 is 0 Å². The Hall–Kier alpha value is -1.79. The van der Waals surface area contributed by atoms with Crippen molar-refractivity contribution < 1.29 is 0 Å². The molecule has 2 aromatic heterocycles. The van der Waals surface area contributed by atoms with Crippen molar-refractivity contribution in [1.29, 1.82) is 0 Å². The van der Waals surface area contributed by atoms with E-state index in [0.29, 0.717) is 10.6 Å². The standard InChI is InChI=1S/C14H11BrN4S/c1-9-6-10(15)8-11(7-9)19-13(17-18-14(19)20)12-4-2-3-5-16-12/h2-8H,1H3,(H,18,20). The predicted molar refractivity (Wildman–Crippen MR) is 84.4 cm³/mol. The van der Waals surface area contributed by atoms with Gasteiger partial charge in [-0.15, -0.1) is 0 Å². The minimum Gasteiger partial charge on any atom is -0.267 e. The number of hydrogen-bond acceptors (Lipinski definition) is 3. The van der Waals surface area contributed by atoms with Gasteiger partial charge in [0.15, 0.2) is 10.6 Å². The van der Waals surface area contributed by atoms with Crippen LogP contribution >= 0.6 is 28.1 Å². The van der Waals surface area contributed by atoms with Crippen molar-refractivity contribution in [3.63, 3.8) is 0 Å². The lowest BCUT2D eigenvalue weighted by Gasteiger charge is -2.08. The molecule has 0 saturated heterocycles. The summed E-state index contributed by atoms with van der Waals surface area (Å²) >= 11 is 8.85. The molecule has 1 N–H and O–H groups in total. The summed E-state index contributed by atoms with van der Waals surface area (Å²) in [5.74, 6) is 0.702. The third kappa shape index (κ3) is 2.44. The van der Waals surface area contributed by atoms with E-state index in [1.54, 1.807) is 6.20 Å². The molecule has 3 aromatic rings. The Kier molecular flexibility index (Phi) is 3.50. The molecule has 0 amide bonds. The molecule has 1 aromatic carbocycles. The van der Waals surface area contributed by atoms with E-state index in [1.807, 2.05) is 41.8 Å². The Labute approximate surface area is 129 Å². The first-order valence-electron chi connectivity index (χ1n) is 6.01. The van der Waals surface area contributed by atoms with Gasteiger partial charge in [-0.25, -0.2) is 0 Å². The molecule has 0 saturated carbocycles. The summed E-state index contributed by atoms with van der Waals surface area (Å²) in [7, 11) is 0. The quantitative estimate of drug-likeness (QED) is 0.711. The van der Waals surface area contributed by atoms with Gasteiger partial charge in [-0.2, -0.15) is 5.10 Å². The molecule has 2 heterocycles. The Morgan fingerprint density at radius 3 is 2.80 bits per heavy atom. The normalized spacial score (nSPS) is 10.7. The highest BCUT2D eigenvalue weighted by Gasteiger charge is 2.12. The van der Waals surface area contributed by atoms with Crippen LogP contribution in [0.2, 0.25) is 0 Å². The summed E-state index contributed by atoms with van der Waals surface area (Å²) in [6, 6.07) is 11.8. The SMILES string of the molecule is Cc1cc(Br)cc(-n2c(-c3ccccn3)n[nH]c2=S)c1. The topological polar surface area (TPSA) is 46.5 Å². The van der Waals surface area contributed by atoms with Crippen LogP contribution in [0.5, 0.6) is 0 Å². The van der Waals surface area contributed by atoms with Gasteiger partial charge in [-0.1, -0.05) is 22.0 Å². The van der Waals surface area contributed by atoms with Crippen LogP contribution in [0.3, 0.4) is 0 Å². The Balaban J connectivity index is 2.24. The maximum Gasteiger partial charge on any atom is 0.200 e. The van der Waals surface area contributed by atoms with Crippen LogP contribution in [-0.2, 0) is 0 Å². The second-order valence-electron chi connectivity index (χ2n) is 4.39. The smallest absolute Gasteiger partial charge is 0.200 e. The second-order valence-corrected chi connectivity index (χ2v) is 5.69. The van der Waals surface area contributed by atoms with E-state index in [1.165, 1.54) is 0 Å². The summed E-state index contributed by atoms with van der Waals surface area (Å²) in [6.45, 7) is 2.04. The summed E-state index contributed by atoms with van der Waals surface area (Å²) in [6.07, 6.45) is 1.74. The number of H-pyrrole nitrogens is 1. The minimum absolute atomic E-state index is 0.545. The van der Waals surface area contributed by atoms with Crippen molar-refractivity contribution in [2.75, 3.05) is 0 Å². The Morgan fingerprint density at radius 2 is 2.10 bits per heavy atom. The minimum atomic E-state index is 0.545. The second kappa shape index (κ2) is 5.30. The first-order valence-corrected chi connectivity index (χ1v) is 7.21. The maximum absolute atomic E-state index is 5.34. The molecule has 4 nitrogen and oxygen atoms in total. The number of benzene rings is 1. The molecule has 0 fully saturated rings. The Bertz CT molecular complexity index is 787. The third-order valence-corrected chi connectivity index (χ3v) is 3.58. The molecule has 6 heteroatoms. The van der Waals surface area contributed by atoms with E-state index in [-0.39, 0.29) is 0 Å². The first kappa shape index (κ1) is 13.2. The summed E-state index contributed by atoms with van der Waals surface area (Å²) in [5.41, 5.74) is 2.87. The van der Waals surface area contributed by atoms with Gasteiger partial charge in [0.25, 0.3) is 0 Å². The molecule has 0 radical (unpaired) electrons. The van der Waals surface area contributed by atoms with Gasteiger partial charge in [-0.05, 0) is 55.0 Å². The number of aromatic amines is 1. The highest BCUT2D eigenvalue weighted by Crippen LogP contribution is 2.23. The van der Waals surface area contributed by atoms with Crippen LogP contribution < -0.4 is 0 Å². The predicted octanol–water partition coefficient (Wildman–Crippen LogP) is 4.06. The fraction of sp³-hybridized carbons (Fsp3) is 0.0714. The number of halogens is 1. The summed E-state index contributed by atoms with van der Waals surface area (Å²) < 4.78 is 3.43. The van der Waals surface area contributed by atoms with Gasteiger partial charge in [0.1, 0.15) is 5.69 Å². The van der Waals surface area contributed by atoms with Gasteiger partial charge in [-0.3, -0.25) is 14.6 Å². The number of rotatable bonds is 2. The monoisotopic (exact) mass is 346 g/mol. The lowest BCUT2D eigenvalue weighted by Crippen LogP contribution is -1.99. The fourth-order valence-corrected chi connectivity index (χ4v) is 2.88. The van der Waals surface area contributed by atoms with Crippen LogP contribution in [0.25, 0.3) is 17.2 Å². The van der Waals surface area contributed by atoms with Crippen LogP contribution in [0, 0.1) is 11.7 Å². The molecule has 0 aliphatic carbocycles. The lowest BCUT2D eigenvalue weighted by molar-refractivity contribution is 1.02. The van der Waals surface area contributed by atoms with Gasteiger partial charge < -0.3 is 0 Å². The van der Waals surface area contributed by atoms with Crippen LogP contribution in [0.1, 0.15) is 5.56 Å². The van der Waals surface area contributed by atoms with E-state index in [2.05, 4.69) is 37.2 Å². The van der Waals surface area contributed by atoms with E-state index in [9.17, 15) is 0 Å². The highest BCUT2D eigenvalue weighted by atomic mass is 79.9. The lowest BCUT2D eigenvalue weighted by atomic mass is 10.2. The third-order valence-electron chi connectivity index (χ3n) is 2.85. The molecule has 0 spiro atoms. The first-order chi connectivity index (χ1) is 9.65. The van der Waals surface area contributed by atoms with E-state index in [4.69, 9.17) is 12.2 Å². The molecular weight excluding hydrogens is 336 g/mol. The molecule has 0 aliphatic heterocycles. The molecule has 3 rings (SSSR count). The number of aromatic nitrogens is 4. The van der Waals surface area contributed by atoms with Gasteiger partial charge >= 0.3 is 0 Å². The van der Waals surface area contributed by atoms with Gasteiger partial charge in [0.2, 0.25) is 0 Å². The number of nitrogens with zero attached hydrogens (tertiary/aromatic N) is 3. The summed E-state index contributed by atoms with van der Waals surface area (Å²) in [5, 5.41) is 7.12. The molecule has 0 aliphatic rings. The molecule has 0 unspecified atom stereocenters. The zero-order valence-corrected chi connectivity index (χ0v) is 13.1. The van der Waals surface area contributed by atoms with Crippen LogP contribution in [0.4, 0.5) is 0 Å². The maximum atomic E-state index is 5.34. The summed E-state index contributed by atoms with van der Waals surface area (Å²) in [4.78, 5) is 4.33. The fourth-order valence-electron chi connectivity index (χ4n) is 2.05. The van der Waals surface area contributed by atoms with Crippen LogP contribution in [-0.4, -0.2) is 19.7 Å². The van der Waals surface area contributed by atoms with E-state index >= 15 is 0 Å². The van der Waals surface area contributed by atoms with Crippen molar-refractivity contribution >= 4 is 28.1 Å². The van der Waals surface area contributed by atoms with Crippen molar-refractivity contribution in [2.24, 2.45) is 0 Å². The van der Waals surface area contributed by atoms with Crippen molar-refractivity contribution in [2.45, 2.75) is 6.92 Å². The average Bonchev–Trinajstić information content (AvgIpc) is 2.80. The Morgan fingerprint density at radius 1 is 1.25 bits per heavy atom. The highest BCUT2D eigenvalue weighted by molar-refractivity contribution is 9.10. The van der Waals surface area contributed by atoms with Crippen molar-refractivity contribution in [3.8, 4) is 17.2 Å². The number of hydrogen-bond donors (Lipinski definition) is 1. The van der Waals surface area contributed by atoms with E-state index in [0.717, 1.165) is 21.4 Å². The average molecular weight is 347 g/mol. The molecular formula is C14H11BrN4S. The van der Waals surface area contributed by atoms with Crippen molar-refractivity contribution in [3.05, 3.63) is 57.4 Å². The molecule has 0 bridgehead atoms. The number of pyridine rings is 1. The zero-order chi connectivity index (χ0) is 14.1. The molecule has 100 valence electrons. The molecule has 0 atom stereocenters. The molecule has 20 heavy (non-hydrogen) atoms. The van der Waals surface area contributed by atoms with Gasteiger partial charge in [0, 0.05) is 10.7 Å². The largest absolute Gasteiger partial charge is 0.267 e.